The Morgan fingerprint density at radius 1 is 1.47 bits per heavy atom. The van der Waals surface area contributed by atoms with Gasteiger partial charge in [-0.25, -0.2) is 0 Å². The van der Waals surface area contributed by atoms with Crippen molar-refractivity contribution in [3.63, 3.8) is 0 Å². The molecule has 88 valence electrons. The van der Waals surface area contributed by atoms with Crippen LogP contribution in [0.2, 0.25) is 0 Å². The van der Waals surface area contributed by atoms with E-state index in [-0.39, 0.29) is 6.04 Å². The van der Waals surface area contributed by atoms with E-state index in [4.69, 9.17) is 11.0 Å². The van der Waals surface area contributed by atoms with Crippen molar-refractivity contribution >= 4 is 11.3 Å². The molecule has 1 unspecified atom stereocenters. The molecule has 0 spiro atoms. The lowest BCUT2D eigenvalue weighted by molar-refractivity contribution is 0.616. The van der Waals surface area contributed by atoms with E-state index in [1.807, 2.05) is 25.2 Å². The molecule has 1 atom stereocenters. The lowest BCUT2D eigenvalue weighted by atomic mass is 9.89. The highest BCUT2D eigenvalue weighted by Gasteiger charge is 2.15. The predicted molar refractivity (Wildman–Crippen MR) is 70.5 cm³/mol. The van der Waals surface area contributed by atoms with Crippen LogP contribution in [0.5, 0.6) is 0 Å². The van der Waals surface area contributed by atoms with Crippen LogP contribution in [0, 0.1) is 11.3 Å². The zero-order valence-electron chi connectivity index (χ0n) is 10.0. The van der Waals surface area contributed by atoms with Crippen molar-refractivity contribution in [1.82, 2.24) is 0 Å². The number of nitrogens with one attached hydrogen (secondary N) is 1. The first-order valence-corrected chi connectivity index (χ1v) is 5.91. The quantitative estimate of drug-likeness (QED) is 0.816. The zero-order valence-corrected chi connectivity index (χ0v) is 10.0. The number of allylic oxidation sites excluding steroid dienone is 1. The van der Waals surface area contributed by atoms with Crippen LogP contribution in [0.3, 0.4) is 0 Å². The summed E-state index contributed by atoms with van der Waals surface area (Å²) < 4.78 is 0. The van der Waals surface area contributed by atoms with Gasteiger partial charge in [-0.15, -0.1) is 0 Å². The lowest BCUT2D eigenvalue weighted by Gasteiger charge is -2.21. The maximum atomic E-state index is 8.96. The molecule has 3 heteroatoms. The standard InChI is InChI=1S/C14H17N3/c1-17-14-6-5-10(9-15)7-13(14)11-3-2-4-12(16)8-11/h3,5-7,12,17H,2,4,8,16H2,1H3. The second-order valence-electron chi connectivity index (χ2n) is 4.39. The van der Waals surface area contributed by atoms with Crippen molar-refractivity contribution in [2.24, 2.45) is 5.73 Å². The maximum Gasteiger partial charge on any atom is 0.0991 e. The predicted octanol–water partition coefficient (Wildman–Crippen LogP) is 2.49. The Bertz CT molecular complexity index is 483. The fraction of sp³-hybridized carbons (Fsp3) is 0.357. The molecule has 1 aliphatic rings. The molecule has 1 aromatic rings. The molecular formula is C14H17N3. The smallest absolute Gasteiger partial charge is 0.0991 e. The second-order valence-corrected chi connectivity index (χ2v) is 4.39. The van der Waals surface area contributed by atoms with Gasteiger partial charge in [0.1, 0.15) is 0 Å². The number of anilines is 1. The molecule has 0 bridgehead atoms. The molecule has 0 saturated heterocycles. The van der Waals surface area contributed by atoms with E-state index < -0.39 is 0 Å². The summed E-state index contributed by atoms with van der Waals surface area (Å²) in [6.45, 7) is 0. The van der Waals surface area contributed by atoms with Crippen molar-refractivity contribution in [1.29, 1.82) is 5.26 Å². The fourth-order valence-corrected chi connectivity index (χ4v) is 2.26. The molecular weight excluding hydrogens is 210 g/mol. The number of nitrogens with zero attached hydrogens (tertiary/aromatic N) is 1. The van der Waals surface area contributed by atoms with Crippen molar-refractivity contribution in [2.75, 3.05) is 12.4 Å². The zero-order chi connectivity index (χ0) is 12.3. The van der Waals surface area contributed by atoms with Crippen LogP contribution in [-0.4, -0.2) is 13.1 Å². The number of rotatable bonds is 2. The fourth-order valence-electron chi connectivity index (χ4n) is 2.26. The average Bonchev–Trinajstić information content (AvgIpc) is 2.38. The Morgan fingerprint density at radius 2 is 2.29 bits per heavy atom. The van der Waals surface area contributed by atoms with Crippen LogP contribution in [0.1, 0.15) is 30.4 Å². The van der Waals surface area contributed by atoms with Gasteiger partial charge >= 0.3 is 0 Å². The third-order valence-electron chi connectivity index (χ3n) is 3.17. The average molecular weight is 227 g/mol. The van der Waals surface area contributed by atoms with Crippen LogP contribution >= 0.6 is 0 Å². The summed E-state index contributed by atoms with van der Waals surface area (Å²) >= 11 is 0. The van der Waals surface area contributed by atoms with Crippen LogP contribution in [-0.2, 0) is 0 Å². The number of benzene rings is 1. The third kappa shape index (κ3) is 2.48. The van der Waals surface area contributed by atoms with Crippen LogP contribution < -0.4 is 11.1 Å². The van der Waals surface area contributed by atoms with Gasteiger partial charge in [-0.2, -0.15) is 5.26 Å². The lowest BCUT2D eigenvalue weighted by Crippen LogP contribution is -2.22. The van der Waals surface area contributed by atoms with Crippen LogP contribution in [0.4, 0.5) is 5.69 Å². The summed E-state index contributed by atoms with van der Waals surface area (Å²) in [7, 11) is 1.90. The summed E-state index contributed by atoms with van der Waals surface area (Å²) in [5.41, 5.74) is 10.1. The molecule has 0 radical (unpaired) electrons. The summed E-state index contributed by atoms with van der Waals surface area (Å²) in [4.78, 5) is 0. The molecule has 0 fully saturated rings. The van der Waals surface area contributed by atoms with E-state index in [2.05, 4.69) is 17.5 Å². The van der Waals surface area contributed by atoms with Gasteiger partial charge < -0.3 is 11.1 Å². The van der Waals surface area contributed by atoms with Crippen molar-refractivity contribution in [2.45, 2.75) is 25.3 Å². The highest BCUT2D eigenvalue weighted by atomic mass is 14.8. The second kappa shape index (κ2) is 5.03. The minimum Gasteiger partial charge on any atom is -0.388 e. The van der Waals surface area contributed by atoms with Crippen molar-refractivity contribution in [3.8, 4) is 6.07 Å². The third-order valence-corrected chi connectivity index (χ3v) is 3.17. The Morgan fingerprint density at radius 3 is 2.94 bits per heavy atom. The number of nitrogens with two attached hydrogens (primary N) is 1. The van der Waals surface area contributed by atoms with Gasteiger partial charge in [-0.05, 0) is 43.0 Å². The number of hydrogen-bond donors (Lipinski definition) is 2. The Labute approximate surface area is 102 Å². The van der Waals surface area contributed by atoms with Crippen LogP contribution in [0.25, 0.3) is 5.57 Å². The first-order valence-electron chi connectivity index (χ1n) is 5.91. The topological polar surface area (TPSA) is 61.8 Å². The van der Waals surface area contributed by atoms with E-state index in [0.29, 0.717) is 5.56 Å². The summed E-state index contributed by atoms with van der Waals surface area (Å²) in [6, 6.07) is 8.15. The van der Waals surface area contributed by atoms with Gasteiger partial charge in [0, 0.05) is 24.3 Å². The summed E-state index contributed by atoms with van der Waals surface area (Å²) in [5, 5.41) is 12.1. The largest absolute Gasteiger partial charge is 0.388 e. The molecule has 0 amide bonds. The summed E-state index contributed by atoms with van der Waals surface area (Å²) in [5.74, 6) is 0. The normalized spacial score (nSPS) is 19.4. The molecule has 2 rings (SSSR count). The van der Waals surface area contributed by atoms with Gasteiger partial charge in [0.2, 0.25) is 0 Å². The molecule has 3 N–H and O–H groups in total. The molecule has 17 heavy (non-hydrogen) atoms. The van der Waals surface area contributed by atoms with Gasteiger partial charge in [-0.3, -0.25) is 0 Å². The molecule has 0 aromatic heterocycles. The Hall–Kier alpha value is -1.79. The number of nitriles is 1. The van der Waals surface area contributed by atoms with E-state index >= 15 is 0 Å². The molecule has 0 aliphatic heterocycles. The van der Waals surface area contributed by atoms with E-state index in [0.717, 1.165) is 30.5 Å². The Kier molecular flexibility index (Phi) is 3.46. The van der Waals surface area contributed by atoms with Gasteiger partial charge in [0.25, 0.3) is 0 Å². The highest BCUT2D eigenvalue weighted by molar-refractivity contribution is 5.78. The maximum absolute atomic E-state index is 8.96. The first kappa shape index (κ1) is 11.7. The van der Waals surface area contributed by atoms with E-state index in [9.17, 15) is 0 Å². The minimum atomic E-state index is 0.241. The van der Waals surface area contributed by atoms with Crippen molar-refractivity contribution < 1.29 is 0 Å². The molecule has 3 nitrogen and oxygen atoms in total. The van der Waals surface area contributed by atoms with E-state index in [1.54, 1.807) is 0 Å². The molecule has 0 saturated carbocycles. The monoisotopic (exact) mass is 227 g/mol. The van der Waals surface area contributed by atoms with Crippen LogP contribution in [0.15, 0.2) is 24.3 Å². The first-order chi connectivity index (χ1) is 8.24. The highest BCUT2D eigenvalue weighted by Crippen LogP contribution is 2.31. The number of hydrogen-bond acceptors (Lipinski definition) is 3. The Balaban J connectivity index is 2.42. The van der Waals surface area contributed by atoms with E-state index in [1.165, 1.54) is 5.57 Å². The summed E-state index contributed by atoms with van der Waals surface area (Å²) in [6.07, 6.45) is 5.21. The van der Waals surface area contributed by atoms with Gasteiger partial charge in [0.05, 0.1) is 11.6 Å². The minimum absolute atomic E-state index is 0.241. The molecule has 1 aromatic carbocycles. The molecule has 0 heterocycles. The molecule has 1 aliphatic carbocycles. The van der Waals surface area contributed by atoms with Gasteiger partial charge in [0.15, 0.2) is 0 Å². The van der Waals surface area contributed by atoms with Gasteiger partial charge in [-0.1, -0.05) is 6.08 Å². The van der Waals surface area contributed by atoms with Crippen molar-refractivity contribution in [3.05, 3.63) is 35.4 Å². The SMILES string of the molecule is CNc1ccc(C#N)cc1C1=CCCC(N)C1.